The maximum Gasteiger partial charge on any atom is 0.0734 e. The smallest absolute Gasteiger partial charge is 0.0734 e. The molecule has 0 aromatic heterocycles. The fourth-order valence-corrected chi connectivity index (χ4v) is 3.28. The molecule has 1 aromatic carbocycles. The fraction of sp³-hybridized carbons (Fsp3) is 0.250. The zero-order valence-corrected chi connectivity index (χ0v) is 8.90. The van der Waals surface area contributed by atoms with Gasteiger partial charge in [0.1, 0.15) is 0 Å². The third-order valence-corrected chi connectivity index (χ3v) is 4.22. The van der Waals surface area contributed by atoms with Crippen molar-refractivity contribution in [2.75, 3.05) is 11.1 Å². The summed E-state index contributed by atoms with van der Waals surface area (Å²) in [4.78, 5) is 0.615. The highest BCUT2D eigenvalue weighted by Crippen LogP contribution is 2.11. The van der Waals surface area contributed by atoms with Crippen LogP contribution in [-0.2, 0) is 9.73 Å². The Morgan fingerprint density at radius 2 is 1.92 bits per heavy atom. The summed E-state index contributed by atoms with van der Waals surface area (Å²) in [6, 6.07) is 8.93. The molecule has 12 heavy (non-hydrogen) atoms. The van der Waals surface area contributed by atoms with Crippen molar-refractivity contribution >= 4 is 25.7 Å². The van der Waals surface area contributed by atoms with Gasteiger partial charge in [-0.1, -0.05) is 34.1 Å². The Labute approximate surface area is 81.1 Å². The summed E-state index contributed by atoms with van der Waals surface area (Å²) in [5.74, 6) is 0.372. The van der Waals surface area contributed by atoms with Crippen molar-refractivity contribution in [3.8, 4) is 0 Å². The second-order valence-corrected chi connectivity index (χ2v) is 5.40. The molecule has 0 amide bonds. The highest BCUT2D eigenvalue weighted by molar-refractivity contribution is 9.09. The van der Waals surface area contributed by atoms with Gasteiger partial charge in [-0.2, -0.15) is 0 Å². The van der Waals surface area contributed by atoms with Gasteiger partial charge in [0.15, 0.2) is 0 Å². The van der Waals surface area contributed by atoms with Gasteiger partial charge in [0.05, 0.1) is 9.73 Å². The summed E-state index contributed by atoms with van der Waals surface area (Å²) in [5.41, 5.74) is 0. The molecule has 0 aliphatic heterocycles. The molecule has 4 heteroatoms. The Morgan fingerprint density at radius 3 is 2.42 bits per heavy atom. The van der Waals surface area contributed by atoms with E-state index in [4.69, 9.17) is 4.78 Å². The zero-order valence-electron chi connectivity index (χ0n) is 6.50. The molecular formula is C8H10BrNOS. The lowest BCUT2D eigenvalue weighted by Crippen LogP contribution is -2.05. The minimum Gasteiger partial charge on any atom is -0.249 e. The summed E-state index contributed by atoms with van der Waals surface area (Å²) in [6.07, 6.45) is 0. The first-order valence-electron chi connectivity index (χ1n) is 3.54. The minimum atomic E-state index is -2.56. The Kier molecular flexibility index (Phi) is 3.29. The lowest BCUT2D eigenvalue weighted by molar-refractivity contribution is 0.676. The van der Waals surface area contributed by atoms with Crippen LogP contribution in [0.3, 0.4) is 0 Å². The Bertz CT molecular complexity index is 333. The van der Waals surface area contributed by atoms with Gasteiger partial charge in [-0.05, 0) is 12.1 Å². The van der Waals surface area contributed by atoms with Crippen LogP contribution in [0.5, 0.6) is 0 Å². The molecule has 1 aromatic rings. The van der Waals surface area contributed by atoms with Gasteiger partial charge in [0, 0.05) is 16.0 Å². The standard InChI is InChI=1S/C8H10BrNOS/c9-6-7-12(10,11)8-4-2-1-3-5-8/h1-5,10H,6-7H2. The molecule has 66 valence electrons. The van der Waals surface area contributed by atoms with E-state index in [1.807, 2.05) is 6.07 Å². The highest BCUT2D eigenvalue weighted by Gasteiger charge is 2.07. The van der Waals surface area contributed by atoms with Crippen molar-refractivity contribution in [2.24, 2.45) is 0 Å². The number of halogens is 1. The van der Waals surface area contributed by atoms with Gasteiger partial charge in [-0.25, -0.2) is 8.99 Å². The Balaban J connectivity index is 2.99. The zero-order chi connectivity index (χ0) is 9.03. The molecule has 0 saturated carbocycles. The van der Waals surface area contributed by atoms with Crippen LogP contribution in [0.2, 0.25) is 0 Å². The third kappa shape index (κ3) is 2.32. The summed E-state index contributed by atoms with van der Waals surface area (Å²) in [6.45, 7) is 0. The monoisotopic (exact) mass is 247 g/mol. The molecule has 0 bridgehead atoms. The van der Waals surface area contributed by atoms with E-state index >= 15 is 0 Å². The summed E-state index contributed by atoms with van der Waals surface area (Å²) in [5, 5.41) is 0.601. The average Bonchev–Trinajstić information content (AvgIpc) is 2.06. The summed E-state index contributed by atoms with van der Waals surface area (Å²) < 4.78 is 19.2. The van der Waals surface area contributed by atoms with E-state index < -0.39 is 9.73 Å². The molecule has 0 fully saturated rings. The van der Waals surface area contributed by atoms with Crippen LogP contribution in [0.15, 0.2) is 35.2 Å². The molecule has 1 unspecified atom stereocenters. The molecule has 2 nitrogen and oxygen atoms in total. The normalized spacial score (nSPS) is 15.4. The summed E-state index contributed by atoms with van der Waals surface area (Å²) in [7, 11) is -2.56. The van der Waals surface area contributed by atoms with Crippen LogP contribution >= 0.6 is 15.9 Å². The number of benzene rings is 1. The van der Waals surface area contributed by atoms with Gasteiger partial charge < -0.3 is 0 Å². The predicted octanol–water partition coefficient (Wildman–Crippen LogP) is 2.49. The SMILES string of the molecule is N=S(=O)(CCBr)c1ccccc1. The van der Waals surface area contributed by atoms with Crippen LogP contribution in [-0.4, -0.2) is 15.3 Å². The topological polar surface area (TPSA) is 40.9 Å². The van der Waals surface area contributed by atoms with Crippen LogP contribution in [0.1, 0.15) is 0 Å². The van der Waals surface area contributed by atoms with Crippen LogP contribution in [0, 0.1) is 4.78 Å². The van der Waals surface area contributed by atoms with Crippen molar-refractivity contribution in [3.05, 3.63) is 30.3 Å². The van der Waals surface area contributed by atoms with E-state index in [1.165, 1.54) is 0 Å². The Hall–Kier alpha value is -0.350. The first-order valence-corrected chi connectivity index (χ1v) is 6.39. The molecule has 1 rings (SSSR count). The van der Waals surface area contributed by atoms with Crippen molar-refractivity contribution < 1.29 is 4.21 Å². The second kappa shape index (κ2) is 4.05. The molecule has 0 aliphatic rings. The molecule has 0 heterocycles. The lowest BCUT2D eigenvalue weighted by atomic mass is 10.4. The number of hydrogen-bond donors (Lipinski definition) is 1. The molecule has 0 radical (unpaired) electrons. The quantitative estimate of drug-likeness (QED) is 0.820. The Morgan fingerprint density at radius 1 is 1.33 bits per heavy atom. The van der Waals surface area contributed by atoms with E-state index in [2.05, 4.69) is 15.9 Å². The minimum absolute atomic E-state index is 0.372. The van der Waals surface area contributed by atoms with Gasteiger partial charge >= 0.3 is 0 Å². The highest BCUT2D eigenvalue weighted by atomic mass is 79.9. The fourth-order valence-electron chi connectivity index (χ4n) is 0.867. The maximum atomic E-state index is 11.6. The van der Waals surface area contributed by atoms with Crippen LogP contribution in [0.4, 0.5) is 0 Å². The molecule has 0 saturated heterocycles. The van der Waals surface area contributed by atoms with Gasteiger partial charge in [-0.3, -0.25) is 0 Å². The molecule has 0 spiro atoms. The van der Waals surface area contributed by atoms with Gasteiger partial charge in [0.25, 0.3) is 0 Å². The first kappa shape index (κ1) is 9.74. The maximum absolute atomic E-state index is 11.6. The van der Waals surface area contributed by atoms with E-state index in [9.17, 15) is 4.21 Å². The van der Waals surface area contributed by atoms with Gasteiger partial charge in [-0.15, -0.1) is 0 Å². The first-order chi connectivity index (χ1) is 5.67. The van der Waals surface area contributed by atoms with E-state index in [-0.39, 0.29) is 0 Å². The number of nitrogens with one attached hydrogen (secondary N) is 1. The van der Waals surface area contributed by atoms with Crippen molar-refractivity contribution in [2.45, 2.75) is 4.90 Å². The summed E-state index contributed by atoms with van der Waals surface area (Å²) >= 11 is 3.18. The van der Waals surface area contributed by atoms with Crippen molar-refractivity contribution in [1.29, 1.82) is 4.78 Å². The van der Waals surface area contributed by atoms with Crippen LogP contribution < -0.4 is 0 Å². The van der Waals surface area contributed by atoms with E-state index in [0.717, 1.165) is 0 Å². The molecule has 0 aliphatic carbocycles. The van der Waals surface area contributed by atoms with Crippen LogP contribution in [0.25, 0.3) is 0 Å². The van der Waals surface area contributed by atoms with Crippen molar-refractivity contribution in [1.82, 2.24) is 0 Å². The predicted molar refractivity (Wildman–Crippen MR) is 54.2 cm³/mol. The van der Waals surface area contributed by atoms with Gasteiger partial charge in [0.2, 0.25) is 0 Å². The van der Waals surface area contributed by atoms with Crippen molar-refractivity contribution in [3.63, 3.8) is 0 Å². The third-order valence-electron chi connectivity index (χ3n) is 1.49. The largest absolute Gasteiger partial charge is 0.249 e. The molecule has 1 atom stereocenters. The molecular weight excluding hydrogens is 238 g/mol. The second-order valence-electron chi connectivity index (χ2n) is 2.38. The molecule has 1 N–H and O–H groups in total. The number of rotatable bonds is 3. The van der Waals surface area contributed by atoms with E-state index in [0.29, 0.717) is 16.0 Å². The number of hydrogen-bond acceptors (Lipinski definition) is 2. The van der Waals surface area contributed by atoms with E-state index in [1.54, 1.807) is 24.3 Å². The number of alkyl halides is 1. The lowest BCUT2D eigenvalue weighted by Gasteiger charge is -2.03. The average molecular weight is 248 g/mol.